The Balaban J connectivity index is 3.48. The van der Waals surface area contributed by atoms with Crippen LogP contribution in [-0.2, 0) is 14.1 Å². The predicted octanol–water partition coefficient (Wildman–Crippen LogP) is 3.74. The molecular formula is C14H27O4P. The Labute approximate surface area is 116 Å². The SMILES string of the molecule is C=C(C)C(=O)OCCCCCCP(=O)(O)CCCC. The topological polar surface area (TPSA) is 63.6 Å². The number of ether oxygens (including phenoxy) is 1. The second-order valence-electron chi connectivity index (χ2n) is 4.98. The van der Waals surface area contributed by atoms with Gasteiger partial charge in [-0.25, -0.2) is 4.79 Å². The van der Waals surface area contributed by atoms with Crippen molar-refractivity contribution in [3.63, 3.8) is 0 Å². The van der Waals surface area contributed by atoms with Gasteiger partial charge in [-0.05, 0) is 26.2 Å². The molecule has 0 amide bonds. The first-order valence-electron chi connectivity index (χ1n) is 7.02. The van der Waals surface area contributed by atoms with Crippen LogP contribution in [0.2, 0.25) is 0 Å². The summed E-state index contributed by atoms with van der Waals surface area (Å²) in [6.07, 6.45) is 6.02. The van der Waals surface area contributed by atoms with E-state index in [1.807, 2.05) is 6.92 Å². The van der Waals surface area contributed by atoms with Gasteiger partial charge in [-0.2, -0.15) is 0 Å². The van der Waals surface area contributed by atoms with Crippen LogP contribution in [0.1, 0.15) is 52.4 Å². The summed E-state index contributed by atoms with van der Waals surface area (Å²) in [6.45, 7) is 7.55. The molecule has 0 radical (unpaired) electrons. The number of esters is 1. The van der Waals surface area contributed by atoms with E-state index in [0.29, 0.717) is 24.5 Å². The molecule has 19 heavy (non-hydrogen) atoms. The molecule has 0 rings (SSSR count). The minimum atomic E-state index is -2.89. The quantitative estimate of drug-likeness (QED) is 0.272. The van der Waals surface area contributed by atoms with Crippen LogP contribution in [-0.4, -0.2) is 29.8 Å². The van der Waals surface area contributed by atoms with Crippen molar-refractivity contribution in [3.05, 3.63) is 12.2 Å². The second kappa shape index (κ2) is 10.2. The van der Waals surface area contributed by atoms with E-state index in [9.17, 15) is 14.3 Å². The largest absolute Gasteiger partial charge is 0.462 e. The maximum atomic E-state index is 11.7. The summed E-state index contributed by atoms with van der Waals surface area (Å²) < 4.78 is 16.7. The summed E-state index contributed by atoms with van der Waals surface area (Å²) in [5, 5.41) is 0. The Morgan fingerprint density at radius 1 is 1.16 bits per heavy atom. The lowest BCUT2D eigenvalue weighted by Crippen LogP contribution is -2.06. The molecule has 0 aromatic rings. The van der Waals surface area contributed by atoms with Crippen molar-refractivity contribution in [2.24, 2.45) is 0 Å². The average molecular weight is 290 g/mol. The van der Waals surface area contributed by atoms with Crippen LogP contribution < -0.4 is 0 Å². The van der Waals surface area contributed by atoms with Gasteiger partial charge in [0.15, 0.2) is 0 Å². The Kier molecular flexibility index (Phi) is 9.90. The van der Waals surface area contributed by atoms with Gasteiger partial charge in [-0.1, -0.05) is 32.8 Å². The van der Waals surface area contributed by atoms with Crippen molar-refractivity contribution >= 4 is 13.3 Å². The monoisotopic (exact) mass is 290 g/mol. The van der Waals surface area contributed by atoms with E-state index in [1.54, 1.807) is 6.92 Å². The first-order valence-corrected chi connectivity index (χ1v) is 9.05. The van der Waals surface area contributed by atoms with E-state index in [1.165, 1.54) is 0 Å². The number of carbonyl (C=O) groups is 1. The molecule has 0 bridgehead atoms. The van der Waals surface area contributed by atoms with E-state index < -0.39 is 7.37 Å². The van der Waals surface area contributed by atoms with Crippen LogP contribution in [0.5, 0.6) is 0 Å². The fourth-order valence-corrected chi connectivity index (χ4v) is 3.37. The molecule has 0 aliphatic carbocycles. The highest BCUT2D eigenvalue weighted by Crippen LogP contribution is 2.42. The zero-order valence-corrected chi connectivity index (χ0v) is 13.1. The average Bonchev–Trinajstić information content (AvgIpc) is 2.34. The molecule has 0 spiro atoms. The van der Waals surface area contributed by atoms with Crippen molar-refractivity contribution < 1.29 is 19.0 Å². The maximum absolute atomic E-state index is 11.7. The highest BCUT2D eigenvalue weighted by molar-refractivity contribution is 7.57. The molecule has 0 heterocycles. The van der Waals surface area contributed by atoms with Gasteiger partial charge < -0.3 is 9.63 Å². The third-order valence-electron chi connectivity index (χ3n) is 2.84. The zero-order chi connectivity index (χ0) is 14.7. The van der Waals surface area contributed by atoms with Gasteiger partial charge in [-0.3, -0.25) is 4.57 Å². The van der Waals surface area contributed by atoms with Gasteiger partial charge in [0, 0.05) is 17.9 Å². The fourth-order valence-electron chi connectivity index (χ4n) is 1.62. The van der Waals surface area contributed by atoms with E-state index in [-0.39, 0.29) is 5.97 Å². The van der Waals surface area contributed by atoms with Crippen LogP contribution in [0.3, 0.4) is 0 Å². The van der Waals surface area contributed by atoms with E-state index in [0.717, 1.165) is 38.5 Å². The standard InChI is InChI=1S/C14H27O4P/c1-4-5-11-19(16,17)12-9-7-6-8-10-18-14(15)13(2)3/h2,4-12H2,1,3H3,(H,16,17). The lowest BCUT2D eigenvalue weighted by molar-refractivity contribution is -0.139. The first kappa shape index (κ1) is 18.4. The summed E-state index contributed by atoms with van der Waals surface area (Å²) in [4.78, 5) is 20.7. The molecule has 1 atom stereocenters. The van der Waals surface area contributed by atoms with Crippen molar-refractivity contribution in [2.75, 3.05) is 18.9 Å². The predicted molar refractivity (Wildman–Crippen MR) is 78.7 cm³/mol. The van der Waals surface area contributed by atoms with Crippen LogP contribution >= 0.6 is 7.37 Å². The molecule has 5 heteroatoms. The summed E-state index contributed by atoms with van der Waals surface area (Å²) in [6, 6.07) is 0. The van der Waals surface area contributed by atoms with Crippen molar-refractivity contribution in [3.8, 4) is 0 Å². The molecule has 0 aromatic heterocycles. The molecule has 1 N–H and O–H groups in total. The molecule has 0 aliphatic rings. The number of hydrogen-bond donors (Lipinski definition) is 1. The molecule has 4 nitrogen and oxygen atoms in total. The molecule has 112 valence electrons. The summed E-state index contributed by atoms with van der Waals surface area (Å²) >= 11 is 0. The first-order chi connectivity index (χ1) is 8.89. The lowest BCUT2D eigenvalue weighted by atomic mass is 10.2. The molecule has 0 aliphatic heterocycles. The van der Waals surface area contributed by atoms with Gasteiger partial charge in [-0.15, -0.1) is 0 Å². The highest BCUT2D eigenvalue weighted by Gasteiger charge is 2.15. The fraction of sp³-hybridized carbons (Fsp3) is 0.786. The molecule has 0 saturated heterocycles. The Bertz CT molecular complexity index is 325. The molecule has 0 saturated carbocycles. The summed E-state index contributed by atoms with van der Waals surface area (Å²) in [7, 11) is -2.89. The number of rotatable bonds is 11. The minimum Gasteiger partial charge on any atom is -0.462 e. The van der Waals surface area contributed by atoms with Crippen LogP contribution in [0.25, 0.3) is 0 Å². The summed E-state index contributed by atoms with van der Waals surface area (Å²) in [5.74, 6) is -0.348. The van der Waals surface area contributed by atoms with Crippen molar-refractivity contribution in [2.45, 2.75) is 52.4 Å². The molecule has 1 unspecified atom stereocenters. The minimum absolute atomic E-state index is 0.348. The van der Waals surface area contributed by atoms with Crippen molar-refractivity contribution in [1.29, 1.82) is 0 Å². The number of unbranched alkanes of at least 4 members (excludes halogenated alkanes) is 4. The van der Waals surface area contributed by atoms with E-state index in [2.05, 4.69) is 6.58 Å². The Morgan fingerprint density at radius 2 is 1.74 bits per heavy atom. The highest BCUT2D eigenvalue weighted by atomic mass is 31.2. The third-order valence-corrected chi connectivity index (χ3v) is 4.87. The molecular weight excluding hydrogens is 263 g/mol. The number of hydrogen-bond acceptors (Lipinski definition) is 3. The smallest absolute Gasteiger partial charge is 0.333 e. The second-order valence-corrected chi connectivity index (χ2v) is 7.56. The third kappa shape index (κ3) is 11.0. The van der Waals surface area contributed by atoms with E-state index >= 15 is 0 Å². The normalized spacial score (nSPS) is 13.8. The Morgan fingerprint density at radius 3 is 2.32 bits per heavy atom. The van der Waals surface area contributed by atoms with Crippen molar-refractivity contribution in [1.82, 2.24) is 0 Å². The van der Waals surface area contributed by atoms with Crippen LogP contribution in [0.15, 0.2) is 12.2 Å². The number of carbonyl (C=O) groups excluding carboxylic acids is 1. The Hall–Kier alpha value is -0.600. The molecule has 0 aromatic carbocycles. The van der Waals surface area contributed by atoms with E-state index in [4.69, 9.17) is 4.74 Å². The van der Waals surface area contributed by atoms with Crippen LogP contribution in [0, 0.1) is 0 Å². The van der Waals surface area contributed by atoms with Gasteiger partial charge >= 0.3 is 5.97 Å². The van der Waals surface area contributed by atoms with Gasteiger partial charge in [0.1, 0.15) is 0 Å². The summed E-state index contributed by atoms with van der Waals surface area (Å²) in [5.41, 5.74) is 0.414. The molecule has 0 fully saturated rings. The van der Waals surface area contributed by atoms with Gasteiger partial charge in [0.05, 0.1) is 6.61 Å². The van der Waals surface area contributed by atoms with Gasteiger partial charge in [0.2, 0.25) is 7.37 Å². The zero-order valence-electron chi connectivity index (χ0n) is 12.2. The van der Waals surface area contributed by atoms with Crippen LogP contribution in [0.4, 0.5) is 0 Å². The van der Waals surface area contributed by atoms with Gasteiger partial charge in [0.25, 0.3) is 0 Å². The maximum Gasteiger partial charge on any atom is 0.333 e. The lowest BCUT2D eigenvalue weighted by Gasteiger charge is -2.10.